The van der Waals surface area contributed by atoms with Crippen LogP contribution in [0.25, 0.3) is 6.08 Å². The molecule has 0 amide bonds. The molecule has 0 saturated heterocycles. The van der Waals surface area contributed by atoms with E-state index in [2.05, 4.69) is 4.98 Å². The smallest absolute Gasteiger partial charge is 0.311 e. The number of aromatic nitrogens is 1. The molecule has 0 radical (unpaired) electrons. The van der Waals surface area contributed by atoms with Crippen LogP contribution in [-0.4, -0.2) is 28.9 Å². The molecule has 6 nitrogen and oxygen atoms in total. The molecule has 1 heterocycles. The molecule has 0 aromatic carbocycles. The number of nitrogens with zero attached hydrogens (tertiary/aromatic N) is 3. The highest BCUT2D eigenvalue weighted by molar-refractivity contribution is 5.57. The lowest BCUT2D eigenvalue weighted by atomic mass is 10.3. The van der Waals surface area contributed by atoms with Crippen molar-refractivity contribution in [3.05, 3.63) is 34.1 Å². The Morgan fingerprint density at radius 3 is 2.67 bits per heavy atom. The summed E-state index contributed by atoms with van der Waals surface area (Å²) >= 11 is 0. The monoisotopic (exact) mass is 208 g/mol. The molecule has 0 atom stereocenters. The molecule has 15 heavy (non-hydrogen) atoms. The molecule has 0 aliphatic heterocycles. The zero-order valence-electron chi connectivity index (χ0n) is 8.54. The first-order valence-corrected chi connectivity index (χ1v) is 4.26. The fourth-order valence-electron chi connectivity index (χ4n) is 0.956. The number of nitrogen functional groups attached to an aromatic ring is 1. The minimum atomic E-state index is -0.554. The second-order valence-corrected chi connectivity index (χ2v) is 3.18. The van der Waals surface area contributed by atoms with Crippen molar-refractivity contribution in [2.75, 3.05) is 19.8 Å². The third-order valence-electron chi connectivity index (χ3n) is 1.66. The van der Waals surface area contributed by atoms with Crippen molar-refractivity contribution in [1.29, 1.82) is 0 Å². The van der Waals surface area contributed by atoms with Gasteiger partial charge in [0.05, 0.1) is 10.6 Å². The number of nitro groups is 1. The fraction of sp³-hybridized carbons (Fsp3) is 0.222. The van der Waals surface area contributed by atoms with E-state index in [1.807, 2.05) is 19.0 Å². The number of anilines is 1. The van der Waals surface area contributed by atoms with E-state index in [0.717, 1.165) is 0 Å². The van der Waals surface area contributed by atoms with Gasteiger partial charge in [-0.25, -0.2) is 4.98 Å². The fourth-order valence-corrected chi connectivity index (χ4v) is 0.956. The van der Waals surface area contributed by atoms with Crippen molar-refractivity contribution >= 4 is 17.6 Å². The summed E-state index contributed by atoms with van der Waals surface area (Å²) < 4.78 is 0. The van der Waals surface area contributed by atoms with Crippen LogP contribution in [0.15, 0.2) is 18.3 Å². The molecule has 0 unspecified atom stereocenters. The maximum absolute atomic E-state index is 10.5. The summed E-state index contributed by atoms with van der Waals surface area (Å²) in [5, 5.41) is 10.5. The summed E-state index contributed by atoms with van der Waals surface area (Å²) in [6, 6.07) is 2.90. The maximum atomic E-state index is 10.5. The molecule has 2 N–H and O–H groups in total. The Morgan fingerprint density at radius 1 is 1.53 bits per heavy atom. The van der Waals surface area contributed by atoms with Crippen molar-refractivity contribution in [3.63, 3.8) is 0 Å². The molecule has 0 aliphatic rings. The average molecular weight is 208 g/mol. The van der Waals surface area contributed by atoms with Gasteiger partial charge in [-0.3, -0.25) is 10.1 Å². The van der Waals surface area contributed by atoms with Gasteiger partial charge in [-0.05, 0) is 12.1 Å². The van der Waals surface area contributed by atoms with Gasteiger partial charge in [0.25, 0.3) is 0 Å². The molecule has 0 saturated carbocycles. The Hall–Kier alpha value is -2.11. The van der Waals surface area contributed by atoms with Gasteiger partial charge in [0.15, 0.2) is 0 Å². The number of hydrogen-bond acceptors (Lipinski definition) is 5. The zero-order chi connectivity index (χ0) is 11.4. The second-order valence-electron chi connectivity index (χ2n) is 3.18. The molecule has 0 bridgehead atoms. The van der Waals surface area contributed by atoms with Gasteiger partial charge in [-0.2, -0.15) is 0 Å². The van der Waals surface area contributed by atoms with E-state index in [1.165, 1.54) is 6.07 Å². The van der Waals surface area contributed by atoms with Crippen molar-refractivity contribution < 1.29 is 4.92 Å². The van der Waals surface area contributed by atoms with Gasteiger partial charge in [-0.1, -0.05) is 0 Å². The molecule has 1 rings (SSSR count). The molecule has 0 fully saturated rings. The van der Waals surface area contributed by atoms with Crippen LogP contribution in [0.2, 0.25) is 0 Å². The highest BCUT2D eigenvalue weighted by atomic mass is 16.6. The molecule has 1 aromatic heterocycles. The van der Waals surface area contributed by atoms with Crippen molar-refractivity contribution in [2.45, 2.75) is 0 Å². The molecule has 0 aliphatic carbocycles. The number of nitrogens with two attached hydrogens (primary N) is 1. The number of pyridine rings is 1. The Labute approximate surface area is 87.2 Å². The second kappa shape index (κ2) is 4.41. The van der Waals surface area contributed by atoms with Gasteiger partial charge in [-0.15, -0.1) is 0 Å². The molecule has 80 valence electrons. The Bertz CT molecular complexity index is 401. The van der Waals surface area contributed by atoms with Crippen LogP contribution in [0.5, 0.6) is 0 Å². The van der Waals surface area contributed by atoms with E-state index in [-0.39, 0.29) is 11.5 Å². The Kier molecular flexibility index (Phi) is 3.22. The first-order valence-electron chi connectivity index (χ1n) is 4.26. The van der Waals surface area contributed by atoms with Crippen LogP contribution in [-0.2, 0) is 0 Å². The summed E-state index contributed by atoms with van der Waals surface area (Å²) in [6.45, 7) is 0. The van der Waals surface area contributed by atoms with Gasteiger partial charge in [0, 0.05) is 26.4 Å². The van der Waals surface area contributed by atoms with E-state index in [9.17, 15) is 10.1 Å². The molecular weight excluding hydrogens is 196 g/mol. The topological polar surface area (TPSA) is 85.3 Å². The van der Waals surface area contributed by atoms with E-state index in [4.69, 9.17) is 5.73 Å². The average Bonchev–Trinajstić information content (AvgIpc) is 2.14. The standard InChI is InChI=1S/C9H12N4O2/c1-12(2)6-5-7-3-4-8(13(14)15)9(10)11-7/h3-6H,1-2H3,(H2,10,11)/b6-5+. The Balaban J connectivity index is 2.97. The number of hydrogen-bond donors (Lipinski definition) is 1. The maximum Gasteiger partial charge on any atom is 0.311 e. The summed E-state index contributed by atoms with van der Waals surface area (Å²) in [5.41, 5.74) is 5.85. The normalized spacial score (nSPS) is 10.5. The van der Waals surface area contributed by atoms with Crippen LogP contribution >= 0.6 is 0 Å². The highest BCUT2D eigenvalue weighted by Gasteiger charge is 2.11. The summed E-state index contributed by atoms with van der Waals surface area (Å²) in [6.07, 6.45) is 3.51. The van der Waals surface area contributed by atoms with E-state index in [1.54, 1.807) is 18.3 Å². The SMILES string of the molecule is CN(C)/C=C/c1ccc([N+](=O)[O-])c(N)n1. The zero-order valence-corrected chi connectivity index (χ0v) is 8.54. The Morgan fingerprint density at radius 2 is 2.20 bits per heavy atom. The van der Waals surface area contributed by atoms with E-state index >= 15 is 0 Å². The lowest BCUT2D eigenvalue weighted by Crippen LogP contribution is -2.01. The van der Waals surface area contributed by atoms with Crippen molar-refractivity contribution in [3.8, 4) is 0 Å². The third kappa shape index (κ3) is 2.94. The van der Waals surface area contributed by atoms with Crippen LogP contribution in [0.3, 0.4) is 0 Å². The minimum absolute atomic E-state index is 0.0686. The van der Waals surface area contributed by atoms with Gasteiger partial charge in [0.1, 0.15) is 0 Å². The van der Waals surface area contributed by atoms with Crippen LogP contribution in [0.1, 0.15) is 5.69 Å². The van der Waals surface area contributed by atoms with Crippen molar-refractivity contribution in [2.24, 2.45) is 0 Å². The molecular formula is C9H12N4O2. The summed E-state index contributed by atoms with van der Waals surface area (Å²) in [7, 11) is 3.73. The van der Waals surface area contributed by atoms with Crippen molar-refractivity contribution in [1.82, 2.24) is 9.88 Å². The summed E-state index contributed by atoms with van der Waals surface area (Å²) in [5.74, 6) is -0.0686. The quantitative estimate of drug-likeness (QED) is 0.594. The predicted molar refractivity (Wildman–Crippen MR) is 58.0 cm³/mol. The molecule has 1 aromatic rings. The first kappa shape index (κ1) is 11.0. The third-order valence-corrected chi connectivity index (χ3v) is 1.66. The van der Waals surface area contributed by atoms with Crippen LogP contribution in [0, 0.1) is 10.1 Å². The van der Waals surface area contributed by atoms with Crippen LogP contribution < -0.4 is 5.73 Å². The molecule has 6 heteroatoms. The predicted octanol–water partition coefficient (Wildman–Crippen LogP) is 1.10. The highest BCUT2D eigenvalue weighted by Crippen LogP contribution is 2.18. The largest absolute Gasteiger partial charge is 0.383 e. The first-order chi connectivity index (χ1) is 7.00. The molecule has 0 spiro atoms. The van der Waals surface area contributed by atoms with Gasteiger partial charge < -0.3 is 10.6 Å². The van der Waals surface area contributed by atoms with E-state index < -0.39 is 4.92 Å². The van der Waals surface area contributed by atoms with Crippen LogP contribution in [0.4, 0.5) is 11.5 Å². The minimum Gasteiger partial charge on any atom is -0.383 e. The summed E-state index contributed by atoms with van der Waals surface area (Å²) in [4.78, 5) is 15.6. The lowest BCUT2D eigenvalue weighted by Gasteiger charge is -2.03. The lowest BCUT2D eigenvalue weighted by molar-refractivity contribution is -0.384. The van der Waals surface area contributed by atoms with E-state index in [0.29, 0.717) is 5.69 Å². The van der Waals surface area contributed by atoms with Gasteiger partial charge in [0.2, 0.25) is 5.82 Å². The number of rotatable bonds is 3. The van der Waals surface area contributed by atoms with Gasteiger partial charge >= 0.3 is 5.69 Å².